The maximum absolute atomic E-state index is 11.5. The summed E-state index contributed by atoms with van der Waals surface area (Å²) in [5, 5.41) is 0. The van der Waals surface area contributed by atoms with Gasteiger partial charge in [-0.3, -0.25) is 9.59 Å². The van der Waals surface area contributed by atoms with Crippen LogP contribution in [-0.2, 0) is 19.1 Å². The maximum Gasteiger partial charge on any atom is 0.302 e. The standard InChI is InChI=1S/C25H48O4/c1-6-7-8-9-10-11-12-13-14-15-16-17-18-19-20-24(29-23(3)27)25(4,5)21-28-22(2)26/h24H,6-21H2,1-5H3. The molecule has 0 aromatic rings. The molecule has 0 aliphatic heterocycles. The minimum Gasteiger partial charge on any atom is -0.465 e. The monoisotopic (exact) mass is 412 g/mol. The van der Waals surface area contributed by atoms with Crippen LogP contribution in [0.15, 0.2) is 0 Å². The highest BCUT2D eigenvalue weighted by molar-refractivity contribution is 5.66. The Bertz CT molecular complexity index is 417. The summed E-state index contributed by atoms with van der Waals surface area (Å²) in [7, 11) is 0. The molecule has 4 heteroatoms. The highest BCUT2D eigenvalue weighted by Gasteiger charge is 2.33. The molecule has 4 nitrogen and oxygen atoms in total. The smallest absolute Gasteiger partial charge is 0.302 e. The molecule has 0 aromatic carbocycles. The van der Waals surface area contributed by atoms with Crippen molar-refractivity contribution in [3.63, 3.8) is 0 Å². The SMILES string of the molecule is CCCCCCCCCCCCCCCCC(OC(C)=O)C(C)(C)COC(C)=O. The minimum absolute atomic E-state index is 0.211. The van der Waals surface area contributed by atoms with Gasteiger partial charge >= 0.3 is 11.9 Å². The Hall–Kier alpha value is -1.06. The predicted octanol–water partition coefficient (Wildman–Crippen LogP) is 7.38. The van der Waals surface area contributed by atoms with E-state index in [-0.39, 0.29) is 30.1 Å². The summed E-state index contributed by atoms with van der Waals surface area (Å²) in [5.41, 5.74) is -0.367. The highest BCUT2D eigenvalue weighted by atomic mass is 16.6. The van der Waals surface area contributed by atoms with Crippen molar-refractivity contribution in [1.82, 2.24) is 0 Å². The first-order chi connectivity index (χ1) is 13.8. The van der Waals surface area contributed by atoms with Crippen LogP contribution in [0.3, 0.4) is 0 Å². The first-order valence-electron chi connectivity index (χ1n) is 12.1. The van der Waals surface area contributed by atoms with Crippen LogP contribution in [-0.4, -0.2) is 24.6 Å². The van der Waals surface area contributed by atoms with Crippen LogP contribution < -0.4 is 0 Å². The molecule has 0 aliphatic carbocycles. The summed E-state index contributed by atoms with van der Waals surface area (Å²) in [6, 6.07) is 0. The van der Waals surface area contributed by atoms with E-state index in [1.165, 1.54) is 97.3 Å². The lowest BCUT2D eigenvalue weighted by Gasteiger charge is -2.33. The average Bonchev–Trinajstić information content (AvgIpc) is 2.65. The van der Waals surface area contributed by atoms with Crippen LogP contribution in [0.4, 0.5) is 0 Å². The second-order valence-corrected chi connectivity index (χ2v) is 9.25. The number of hydrogen-bond acceptors (Lipinski definition) is 4. The van der Waals surface area contributed by atoms with Gasteiger partial charge in [-0.2, -0.15) is 0 Å². The lowest BCUT2D eigenvalue weighted by atomic mass is 9.84. The Balaban J connectivity index is 3.77. The zero-order valence-corrected chi connectivity index (χ0v) is 20.0. The third-order valence-corrected chi connectivity index (χ3v) is 5.65. The van der Waals surface area contributed by atoms with Gasteiger partial charge in [-0.05, 0) is 12.8 Å². The molecule has 0 aliphatic rings. The topological polar surface area (TPSA) is 52.6 Å². The zero-order valence-electron chi connectivity index (χ0n) is 20.0. The molecule has 0 aromatic heterocycles. The van der Waals surface area contributed by atoms with Crippen molar-refractivity contribution in [3.8, 4) is 0 Å². The molecular formula is C25H48O4. The van der Waals surface area contributed by atoms with Gasteiger partial charge < -0.3 is 9.47 Å². The van der Waals surface area contributed by atoms with Crippen molar-refractivity contribution in [2.45, 2.75) is 137 Å². The fourth-order valence-corrected chi connectivity index (χ4v) is 3.71. The summed E-state index contributed by atoms with van der Waals surface area (Å²) in [6.07, 6.45) is 19.2. The van der Waals surface area contributed by atoms with Gasteiger partial charge in [0.2, 0.25) is 0 Å². The van der Waals surface area contributed by atoms with Crippen LogP contribution in [0.2, 0.25) is 0 Å². The molecule has 0 spiro atoms. The van der Waals surface area contributed by atoms with E-state index in [9.17, 15) is 9.59 Å². The number of carbonyl (C=O) groups is 2. The van der Waals surface area contributed by atoms with E-state index >= 15 is 0 Å². The van der Waals surface area contributed by atoms with Gasteiger partial charge in [-0.15, -0.1) is 0 Å². The minimum atomic E-state index is -0.367. The van der Waals surface area contributed by atoms with Crippen LogP contribution in [0.5, 0.6) is 0 Å². The summed E-state index contributed by atoms with van der Waals surface area (Å²) < 4.78 is 10.7. The van der Waals surface area contributed by atoms with Crippen molar-refractivity contribution in [1.29, 1.82) is 0 Å². The van der Waals surface area contributed by atoms with Crippen molar-refractivity contribution in [3.05, 3.63) is 0 Å². The number of esters is 2. The lowest BCUT2D eigenvalue weighted by molar-refractivity contribution is -0.159. The zero-order chi connectivity index (χ0) is 22.0. The van der Waals surface area contributed by atoms with Crippen molar-refractivity contribution < 1.29 is 19.1 Å². The first-order valence-corrected chi connectivity index (χ1v) is 12.1. The predicted molar refractivity (Wildman–Crippen MR) is 121 cm³/mol. The Morgan fingerprint density at radius 3 is 1.48 bits per heavy atom. The fraction of sp³-hybridized carbons (Fsp3) is 0.920. The second kappa shape index (κ2) is 17.8. The Morgan fingerprint density at radius 1 is 0.690 bits per heavy atom. The number of unbranched alkanes of at least 4 members (excludes halogenated alkanes) is 13. The summed E-state index contributed by atoms with van der Waals surface area (Å²) in [6.45, 7) is 9.38. The summed E-state index contributed by atoms with van der Waals surface area (Å²) in [4.78, 5) is 22.6. The molecule has 172 valence electrons. The number of hydrogen-bond donors (Lipinski definition) is 0. The van der Waals surface area contributed by atoms with Gasteiger partial charge in [-0.1, -0.05) is 104 Å². The first kappa shape index (κ1) is 27.9. The van der Waals surface area contributed by atoms with E-state index < -0.39 is 0 Å². The van der Waals surface area contributed by atoms with E-state index in [2.05, 4.69) is 6.92 Å². The quantitative estimate of drug-likeness (QED) is 0.164. The Kier molecular flexibility index (Phi) is 17.1. The van der Waals surface area contributed by atoms with E-state index in [1.807, 2.05) is 13.8 Å². The molecular weight excluding hydrogens is 364 g/mol. The average molecular weight is 413 g/mol. The molecule has 1 unspecified atom stereocenters. The van der Waals surface area contributed by atoms with Crippen LogP contribution in [0, 0.1) is 5.41 Å². The van der Waals surface area contributed by atoms with Gasteiger partial charge in [0, 0.05) is 19.3 Å². The Morgan fingerprint density at radius 2 is 1.10 bits per heavy atom. The molecule has 0 bridgehead atoms. The van der Waals surface area contributed by atoms with E-state index in [0.29, 0.717) is 0 Å². The molecule has 0 saturated heterocycles. The Labute approximate surface area is 180 Å². The van der Waals surface area contributed by atoms with E-state index in [4.69, 9.17) is 9.47 Å². The van der Waals surface area contributed by atoms with Crippen LogP contribution in [0.1, 0.15) is 131 Å². The van der Waals surface area contributed by atoms with Gasteiger partial charge in [-0.25, -0.2) is 0 Å². The molecule has 0 fully saturated rings. The molecule has 0 radical (unpaired) electrons. The molecule has 0 N–H and O–H groups in total. The van der Waals surface area contributed by atoms with E-state index in [0.717, 1.165) is 12.8 Å². The highest BCUT2D eigenvalue weighted by Crippen LogP contribution is 2.28. The van der Waals surface area contributed by atoms with Crippen molar-refractivity contribution >= 4 is 11.9 Å². The lowest BCUT2D eigenvalue weighted by Crippen LogP contribution is -2.37. The summed E-state index contributed by atoms with van der Waals surface area (Å²) in [5.74, 6) is -0.563. The number of rotatable bonds is 19. The largest absolute Gasteiger partial charge is 0.465 e. The van der Waals surface area contributed by atoms with Gasteiger partial charge in [0.15, 0.2) is 0 Å². The van der Waals surface area contributed by atoms with E-state index in [1.54, 1.807) is 0 Å². The third-order valence-electron chi connectivity index (χ3n) is 5.65. The maximum atomic E-state index is 11.5. The van der Waals surface area contributed by atoms with Gasteiger partial charge in [0.1, 0.15) is 6.10 Å². The molecule has 0 heterocycles. The normalized spacial score (nSPS) is 12.6. The number of carbonyl (C=O) groups excluding carboxylic acids is 2. The summed E-state index contributed by atoms with van der Waals surface area (Å²) >= 11 is 0. The molecule has 0 saturated carbocycles. The second-order valence-electron chi connectivity index (χ2n) is 9.25. The third kappa shape index (κ3) is 17.5. The number of ether oxygens (including phenoxy) is 2. The molecule has 0 amide bonds. The van der Waals surface area contributed by atoms with Gasteiger partial charge in [0.25, 0.3) is 0 Å². The van der Waals surface area contributed by atoms with Crippen molar-refractivity contribution in [2.24, 2.45) is 5.41 Å². The van der Waals surface area contributed by atoms with Gasteiger partial charge in [0.05, 0.1) is 6.61 Å². The molecule has 29 heavy (non-hydrogen) atoms. The fourth-order valence-electron chi connectivity index (χ4n) is 3.71. The molecule has 0 rings (SSSR count). The molecule has 1 atom stereocenters. The van der Waals surface area contributed by atoms with Crippen LogP contribution >= 0.6 is 0 Å². The van der Waals surface area contributed by atoms with Crippen molar-refractivity contribution in [2.75, 3.05) is 6.61 Å². The van der Waals surface area contributed by atoms with Crippen LogP contribution in [0.25, 0.3) is 0 Å².